The molecular weight excluding hydrogens is 437 g/mol. The van der Waals surface area contributed by atoms with Gasteiger partial charge in [0.2, 0.25) is 0 Å². The maximum Gasteiger partial charge on any atom is 0.262 e. The van der Waals surface area contributed by atoms with Gasteiger partial charge in [-0.25, -0.2) is 5.43 Å². The van der Waals surface area contributed by atoms with E-state index in [0.29, 0.717) is 10.6 Å². The van der Waals surface area contributed by atoms with Crippen LogP contribution in [0.25, 0.3) is 10.8 Å². The molecule has 1 unspecified atom stereocenters. The number of hydrazone groups is 1. The molecular formula is C23H21Cl2N3O3. The summed E-state index contributed by atoms with van der Waals surface area (Å²) in [6, 6.07) is 14.5. The van der Waals surface area contributed by atoms with Gasteiger partial charge in [0.25, 0.3) is 11.8 Å². The van der Waals surface area contributed by atoms with Crippen LogP contribution in [0, 0.1) is 5.92 Å². The maximum atomic E-state index is 12.7. The minimum absolute atomic E-state index is 0.0463. The first-order valence-electron chi connectivity index (χ1n) is 9.57. The summed E-state index contributed by atoms with van der Waals surface area (Å²) in [6.45, 7) is 3.61. The Balaban J connectivity index is 1.73. The fourth-order valence-corrected chi connectivity index (χ4v) is 3.34. The van der Waals surface area contributed by atoms with Crippen molar-refractivity contribution in [2.24, 2.45) is 11.0 Å². The lowest BCUT2D eigenvalue weighted by Gasteiger charge is -2.20. The van der Waals surface area contributed by atoms with E-state index in [1.807, 2.05) is 24.3 Å². The highest BCUT2D eigenvalue weighted by atomic mass is 35.5. The second kappa shape index (κ2) is 9.81. The number of rotatable bonds is 6. The topological polar surface area (TPSA) is 90.8 Å². The van der Waals surface area contributed by atoms with Crippen LogP contribution in [-0.2, 0) is 4.79 Å². The van der Waals surface area contributed by atoms with Crippen molar-refractivity contribution in [2.75, 3.05) is 0 Å². The molecule has 0 heterocycles. The van der Waals surface area contributed by atoms with Crippen LogP contribution in [0.3, 0.4) is 0 Å². The van der Waals surface area contributed by atoms with Crippen LogP contribution in [0.1, 0.15) is 29.8 Å². The van der Waals surface area contributed by atoms with Crippen LogP contribution in [0.15, 0.2) is 59.7 Å². The molecule has 0 spiro atoms. The highest BCUT2D eigenvalue weighted by Gasteiger charge is 2.24. The average molecular weight is 458 g/mol. The molecule has 0 aliphatic heterocycles. The number of amides is 2. The average Bonchev–Trinajstić information content (AvgIpc) is 2.75. The van der Waals surface area contributed by atoms with Crippen LogP contribution in [0.4, 0.5) is 0 Å². The summed E-state index contributed by atoms with van der Waals surface area (Å²) in [5.41, 5.74) is 3.21. The highest BCUT2D eigenvalue weighted by Crippen LogP contribution is 2.25. The van der Waals surface area contributed by atoms with Crippen LogP contribution in [0.5, 0.6) is 5.75 Å². The van der Waals surface area contributed by atoms with Crippen molar-refractivity contribution in [2.45, 2.75) is 19.9 Å². The van der Waals surface area contributed by atoms with Crippen molar-refractivity contribution in [1.82, 2.24) is 10.7 Å². The number of fused-ring (bicyclic) bond motifs is 1. The van der Waals surface area contributed by atoms with E-state index in [1.165, 1.54) is 24.4 Å². The molecule has 0 bridgehead atoms. The van der Waals surface area contributed by atoms with Gasteiger partial charge in [-0.1, -0.05) is 67.4 Å². The second-order valence-electron chi connectivity index (χ2n) is 7.28. The van der Waals surface area contributed by atoms with Gasteiger partial charge in [-0.05, 0) is 41.0 Å². The largest absolute Gasteiger partial charge is 0.507 e. The monoisotopic (exact) mass is 457 g/mol. The molecule has 8 heteroatoms. The quantitative estimate of drug-likeness (QED) is 0.368. The maximum absolute atomic E-state index is 12.7. The lowest BCUT2D eigenvalue weighted by Crippen LogP contribution is -2.48. The van der Waals surface area contributed by atoms with Crippen molar-refractivity contribution in [1.29, 1.82) is 0 Å². The number of halogens is 2. The highest BCUT2D eigenvalue weighted by molar-refractivity contribution is 6.42. The molecule has 1 atom stereocenters. The zero-order valence-electron chi connectivity index (χ0n) is 16.9. The molecule has 3 aromatic carbocycles. The van der Waals surface area contributed by atoms with Crippen molar-refractivity contribution >= 4 is 52.0 Å². The normalized spacial score (nSPS) is 12.3. The minimum Gasteiger partial charge on any atom is -0.507 e. The summed E-state index contributed by atoms with van der Waals surface area (Å²) in [4.78, 5) is 25.2. The van der Waals surface area contributed by atoms with E-state index in [1.54, 1.807) is 26.0 Å². The zero-order valence-corrected chi connectivity index (χ0v) is 18.4. The van der Waals surface area contributed by atoms with E-state index in [0.717, 1.165) is 10.8 Å². The lowest BCUT2D eigenvalue weighted by molar-refractivity contribution is -0.123. The van der Waals surface area contributed by atoms with Crippen molar-refractivity contribution < 1.29 is 14.7 Å². The van der Waals surface area contributed by atoms with Gasteiger partial charge >= 0.3 is 0 Å². The number of carbonyl (C=O) groups is 2. The Morgan fingerprint density at radius 1 is 1.03 bits per heavy atom. The number of aromatic hydroxyl groups is 1. The predicted octanol–water partition coefficient (Wildman–Crippen LogP) is 4.76. The van der Waals surface area contributed by atoms with Crippen LogP contribution in [0.2, 0.25) is 10.0 Å². The Kier molecular flexibility index (Phi) is 7.15. The first-order valence-corrected chi connectivity index (χ1v) is 10.3. The fraction of sp³-hybridized carbons (Fsp3) is 0.174. The number of carbonyl (C=O) groups excluding carboxylic acids is 2. The molecule has 0 saturated carbocycles. The van der Waals surface area contributed by atoms with E-state index in [9.17, 15) is 14.7 Å². The van der Waals surface area contributed by atoms with E-state index in [2.05, 4.69) is 15.8 Å². The van der Waals surface area contributed by atoms with Gasteiger partial charge in [-0.15, -0.1) is 0 Å². The molecule has 0 aliphatic rings. The molecule has 0 aliphatic carbocycles. The molecule has 0 radical (unpaired) electrons. The van der Waals surface area contributed by atoms with Crippen molar-refractivity contribution in [3.63, 3.8) is 0 Å². The summed E-state index contributed by atoms with van der Waals surface area (Å²) in [7, 11) is 0. The number of phenolic OH excluding ortho intramolecular Hbond substituents is 1. The first kappa shape index (κ1) is 22.6. The smallest absolute Gasteiger partial charge is 0.262 e. The zero-order chi connectivity index (χ0) is 22.5. The Bertz CT molecular complexity index is 1160. The van der Waals surface area contributed by atoms with Gasteiger partial charge in [0, 0.05) is 11.1 Å². The Morgan fingerprint density at radius 3 is 2.48 bits per heavy atom. The van der Waals surface area contributed by atoms with E-state index in [-0.39, 0.29) is 22.3 Å². The Morgan fingerprint density at radius 2 is 1.77 bits per heavy atom. The third kappa shape index (κ3) is 5.34. The molecule has 3 rings (SSSR count). The van der Waals surface area contributed by atoms with Crippen molar-refractivity contribution in [3.05, 3.63) is 75.8 Å². The molecule has 3 aromatic rings. The van der Waals surface area contributed by atoms with E-state index in [4.69, 9.17) is 23.2 Å². The molecule has 2 amide bonds. The predicted molar refractivity (Wildman–Crippen MR) is 124 cm³/mol. The van der Waals surface area contributed by atoms with Gasteiger partial charge in [0.1, 0.15) is 11.8 Å². The van der Waals surface area contributed by atoms with Crippen molar-refractivity contribution in [3.8, 4) is 5.75 Å². The number of hydrogen-bond donors (Lipinski definition) is 3. The summed E-state index contributed by atoms with van der Waals surface area (Å²) in [5, 5.41) is 19.2. The fourth-order valence-electron chi connectivity index (χ4n) is 3.05. The number of nitrogens with one attached hydrogen (secondary N) is 2. The second-order valence-corrected chi connectivity index (χ2v) is 8.09. The first-order chi connectivity index (χ1) is 14.8. The number of benzene rings is 3. The number of phenols is 1. The summed E-state index contributed by atoms with van der Waals surface area (Å²) in [5.74, 6) is -1.10. The third-order valence-electron chi connectivity index (χ3n) is 4.73. The summed E-state index contributed by atoms with van der Waals surface area (Å²) >= 11 is 11.9. The summed E-state index contributed by atoms with van der Waals surface area (Å²) in [6.07, 6.45) is 1.38. The van der Waals surface area contributed by atoms with Gasteiger partial charge in [-0.2, -0.15) is 5.10 Å². The molecule has 0 fully saturated rings. The van der Waals surface area contributed by atoms with E-state index < -0.39 is 17.9 Å². The third-order valence-corrected chi connectivity index (χ3v) is 5.47. The standard InChI is InChI=1S/C23H21Cl2N3O3/c1-13(2)21(27-22(30)15-7-9-18(24)19(25)11-15)23(31)28-26-12-17-16-6-4-3-5-14(16)8-10-20(17)29/h3-13,21,29H,1-2H3,(H,27,30)(H,28,31)/b26-12+. The SMILES string of the molecule is CC(C)C(NC(=O)c1ccc(Cl)c(Cl)c1)C(=O)N/N=C/c1c(O)ccc2ccccc12. The van der Waals surface area contributed by atoms with Gasteiger partial charge in [0.05, 0.1) is 16.3 Å². The van der Waals surface area contributed by atoms with Gasteiger partial charge < -0.3 is 10.4 Å². The molecule has 0 saturated heterocycles. The number of hydrogen-bond acceptors (Lipinski definition) is 4. The molecule has 160 valence electrons. The Hall–Kier alpha value is -3.09. The van der Waals surface area contributed by atoms with Crippen LogP contribution in [-0.4, -0.2) is 29.2 Å². The molecule has 6 nitrogen and oxygen atoms in total. The van der Waals surface area contributed by atoms with Crippen LogP contribution < -0.4 is 10.7 Å². The van der Waals surface area contributed by atoms with Gasteiger partial charge in [0.15, 0.2) is 0 Å². The number of nitrogens with zero attached hydrogens (tertiary/aromatic N) is 1. The Labute approximate surface area is 189 Å². The van der Waals surface area contributed by atoms with E-state index >= 15 is 0 Å². The lowest BCUT2D eigenvalue weighted by atomic mass is 10.0. The van der Waals surface area contributed by atoms with Crippen LogP contribution >= 0.6 is 23.2 Å². The molecule has 31 heavy (non-hydrogen) atoms. The molecule has 3 N–H and O–H groups in total. The summed E-state index contributed by atoms with van der Waals surface area (Å²) < 4.78 is 0. The molecule has 0 aromatic heterocycles. The van der Waals surface area contributed by atoms with Gasteiger partial charge in [-0.3, -0.25) is 9.59 Å². The minimum atomic E-state index is -0.833.